The number of aliphatic hydroxyl groups is 1. The van der Waals surface area contributed by atoms with E-state index in [-0.39, 0.29) is 47.6 Å². The molecular weight excluding hydrogens is 607 g/mol. The third-order valence-electron chi connectivity index (χ3n) is 6.00. The fourth-order valence-electron chi connectivity index (χ4n) is 4.09. The maximum atomic E-state index is 14.5. The minimum Gasteiger partial charge on any atom is -0.388 e. The molecule has 9 nitrogen and oxygen atoms in total. The average molecular weight is 633 g/mol. The predicted octanol–water partition coefficient (Wildman–Crippen LogP) is 5.66. The Labute approximate surface area is 246 Å². The molecule has 0 aliphatic heterocycles. The highest BCUT2D eigenvalue weighted by molar-refractivity contribution is 7.98. The third-order valence-corrected chi connectivity index (χ3v) is 6.99. The Hall–Kier alpha value is -3.11. The molecule has 4 rings (SSSR count). The zero-order valence-corrected chi connectivity index (χ0v) is 24.1. The van der Waals surface area contributed by atoms with Crippen molar-refractivity contribution in [3.8, 4) is 16.8 Å². The van der Waals surface area contributed by atoms with Gasteiger partial charge in [0.25, 0.3) is 0 Å². The number of nitrogens with zero attached hydrogens (tertiary/aromatic N) is 6. The number of rotatable bonds is 12. The Kier molecular flexibility index (Phi) is 10.2. The molecule has 1 aromatic carbocycles. The number of aryl methyl sites for hydroxylation is 1. The van der Waals surface area contributed by atoms with E-state index in [1.807, 2.05) is 0 Å². The molecule has 2 atom stereocenters. The summed E-state index contributed by atoms with van der Waals surface area (Å²) in [6.07, 6.45) is -2.11. The van der Waals surface area contributed by atoms with Crippen molar-refractivity contribution in [3.63, 3.8) is 0 Å². The Balaban J connectivity index is 1.71. The number of benzene rings is 1. The summed E-state index contributed by atoms with van der Waals surface area (Å²) in [5.74, 6) is -2.36. The van der Waals surface area contributed by atoms with Crippen LogP contribution in [-0.2, 0) is 22.2 Å². The fourth-order valence-corrected chi connectivity index (χ4v) is 4.63. The lowest BCUT2D eigenvalue weighted by Crippen LogP contribution is -2.30. The summed E-state index contributed by atoms with van der Waals surface area (Å²) in [5.41, 5.74) is -1.48. The van der Waals surface area contributed by atoms with Gasteiger partial charge in [-0.05, 0) is 38.3 Å². The Morgan fingerprint density at radius 1 is 1.14 bits per heavy atom. The van der Waals surface area contributed by atoms with Gasteiger partial charge in [0.05, 0.1) is 36.7 Å². The van der Waals surface area contributed by atoms with Crippen molar-refractivity contribution >= 4 is 23.4 Å². The van der Waals surface area contributed by atoms with Gasteiger partial charge in [0.15, 0.2) is 23.2 Å². The van der Waals surface area contributed by atoms with Crippen molar-refractivity contribution in [3.05, 3.63) is 70.8 Å². The van der Waals surface area contributed by atoms with Gasteiger partial charge in [0.2, 0.25) is 0 Å². The molecule has 1 N–H and O–H groups in total. The molecular formula is C26H26ClF5N6O3S. The molecule has 3 aromatic heterocycles. The molecule has 0 saturated heterocycles. The van der Waals surface area contributed by atoms with Gasteiger partial charge in [-0.15, -0.1) is 11.8 Å². The molecule has 1 unspecified atom stereocenters. The van der Waals surface area contributed by atoms with Crippen molar-refractivity contribution in [1.29, 1.82) is 0 Å². The SMILES string of the molecule is CCOCCOC(c1nc(C)nn1-c1cc(SC)cnc1C(F)(F)F)[C@@H](O)Cn1cc(-c2ccc(Cl)c(F)c2F)cn1. The average Bonchev–Trinajstić information content (AvgIpc) is 3.57. The standard InChI is InChI=1S/C26H26ClF5N6O3S/c1-4-40-7-8-41-23(20(39)13-37-12-15(10-34-37)17-5-6-18(27)22(29)21(17)28)25-35-14(2)36-38(25)19-9-16(42-3)11-33-24(19)26(30,31)32/h5-6,9-12,20,23,39H,4,7-8,13H2,1-3H3/t20-,23?/m0/s1. The molecule has 42 heavy (non-hydrogen) atoms. The van der Waals surface area contributed by atoms with E-state index >= 15 is 0 Å². The summed E-state index contributed by atoms with van der Waals surface area (Å²) >= 11 is 6.83. The van der Waals surface area contributed by atoms with Crippen LogP contribution in [-0.4, -0.2) is 66.8 Å². The van der Waals surface area contributed by atoms with Crippen LogP contribution in [0.4, 0.5) is 22.0 Å². The largest absolute Gasteiger partial charge is 0.435 e. The van der Waals surface area contributed by atoms with Crippen molar-refractivity contribution in [2.45, 2.75) is 43.7 Å². The van der Waals surface area contributed by atoms with Gasteiger partial charge in [0.1, 0.15) is 18.0 Å². The van der Waals surface area contributed by atoms with Gasteiger partial charge in [-0.3, -0.25) is 4.68 Å². The highest BCUT2D eigenvalue weighted by atomic mass is 35.5. The molecule has 16 heteroatoms. The van der Waals surface area contributed by atoms with E-state index in [0.29, 0.717) is 11.5 Å². The van der Waals surface area contributed by atoms with Crippen LogP contribution in [0.25, 0.3) is 16.8 Å². The first-order chi connectivity index (χ1) is 19.9. The molecule has 4 aromatic rings. The summed E-state index contributed by atoms with van der Waals surface area (Å²) in [7, 11) is 0. The minimum atomic E-state index is -4.81. The second-order valence-electron chi connectivity index (χ2n) is 8.90. The molecule has 226 valence electrons. The molecule has 0 fully saturated rings. The maximum absolute atomic E-state index is 14.5. The van der Waals surface area contributed by atoms with Crippen LogP contribution in [0.15, 0.2) is 41.7 Å². The lowest BCUT2D eigenvalue weighted by molar-refractivity contribution is -0.141. The van der Waals surface area contributed by atoms with Crippen LogP contribution in [0.1, 0.15) is 30.4 Å². The predicted molar refractivity (Wildman–Crippen MR) is 144 cm³/mol. The number of halogens is 6. The van der Waals surface area contributed by atoms with Gasteiger partial charge >= 0.3 is 6.18 Å². The van der Waals surface area contributed by atoms with Gasteiger partial charge in [0, 0.05) is 35.0 Å². The topological polar surface area (TPSA) is 100 Å². The second-order valence-corrected chi connectivity index (χ2v) is 10.2. The van der Waals surface area contributed by atoms with Crippen molar-refractivity contribution < 1.29 is 36.5 Å². The van der Waals surface area contributed by atoms with Crippen LogP contribution in [0.2, 0.25) is 5.02 Å². The molecule has 0 aliphatic carbocycles. The van der Waals surface area contributed by atoms with E-state index in [1.165, 1.54) is 54.0 Å². The van der Waals surface area contributed by atoms with E-state index in [4.69, 9.17) is 21.1 Å². The third kappa shape index (κ3) is 7.09. The number of ether oxygens (including phenoxy) is 2. The van der Waals surface area contributed by atoms with E-state index in [0.717, 1.165) is 10.9 Å². The molecule has 0 amide bonds. The van der Waals surface area contributed by atoms with Crippen LogP contribution >= 0.6 is 23.4 Å². The number of hydrogen-bond donors (Lipinski definition) is 1. The van der Waals surface area contributed by atoms with Crippen LogP contribution < -0.4 is 0 Å². The molecule has 0 radical (unpaired) electrons. The molecule has 0 saturated carbocycles. The number of pyridine rings is 1. The first-order valence-electron chi connectivity index (χ1n) is 12.5. The zero-order valence-electron chi connectivity index (χ0n) is 22.6. The summed E-state index contributed by atoms with van der Waals surface area (Å²) in [4.78, 5) is 8.37. The van der Waals surface area contributed by atoms with Crippen molar-refractivity contribution in [2.75, 3.05) is 26.1 Å². The lowest BCUT2D eigenvalue weighted by Gasteiger charge is -2.24. The Morgan fingerprint density at radius 2 is 1.90 bits per heavy atom. The smallest absolute Gasteiger partial charge is 0.388 e. The summed E-state index contributed by atoms with van der Waals surface area (Å²) in [6.45, 7) is 3.52. The quantitative estimate of drug-likeness (QED) is 0.0924. The number of alkyl halides is 3. The van der Waals surface area contributed by atoms with E-state index < -0.39 is 41.4 Å². The Morgan fingerprint density at radius 3 is 2.60 bits per heavy atom. The van der Waals surface area contributed by atoms with Gasteiger partial charge in [-0.1, -0.05) is 11.6 Å². The molecule has 0 spiro atoms. The molecule has 0 bridgehead atoms. The molecule has 0 aliphatic rings. The minimum absolute atomic E-state index is 0.0314. The van der Waals surface area contributed by atoms with Gasteiger partial charge in [-0.25, -0.2) is 23.4 Å². The van der Waals surface area contributed by atoms with E-state index in [9.17, 15) is 27.1 Å². The summed E-state index contributed by atoms with van der Waals surface area (Å²) in [6, 6.07) is 3.77. The zero-order chi connectivity index (χ0) is 30.6. The van der Waals surface area contributed by atoms with Crippen molar-refractivity contribution in [1.82, 2.24) is 29.5 Å². The number of thioether (sulfide) groups is 1. The van der Waals surface area contributed by atoms with Crippen LogP contribution in [0.3, 0.4) is 0 Å². The van der Waals surface area contributed by atoms with Crippen LogP contribution in [0.5, 0.6) is 0 Å². The highest BCUT2D eigenvalue weighted by Gasteiger charge is 2.38. The molecule has 3 heterocycles. The van der Waals surface area contributed by atoms with Crippen molar-refractivity contribution in [2.24, 2.45) is 0 Å². The number of hydrogen-bond acceptors (Lipinski definition) is 8. The maximum Gasteiger partial charge on any atom is 0.435 e. The lowest BCUT2D eigenvalue weighted by atomic mass is 10.1. The monoisotopic (exact) mass is 632 g/mol. The Bertz CT molecular complexity index is 1530. The van der Waals surface area contributed by atoms with Crippen LogP contribution in [0, 0.1) is 18.6 Å². The van der Waals surface area contributed by atoms with Gasteiger partial charge in [-0.2, -0.15) is 23.4 Å². The van der Waals surface area contributed by atoms with E-state index in [2.05, 4.69) is 20.2 Å². The summed E-state index contributed by atoms with van der Waals surface area (Å²) in [5, 5.41) is 19.2. The fraction of sp³-hybridized carbons (Fsp3) is 0.385. The summed E-state index contributed by atoms with van der Waals surface area (Å²) < 4.78 is 83.8. The highest BCUT2D eigenvalue weighted by Crippen LogP contribution is 2.36. The van der Waals surface area contributed by atoms with E-state index in [1.54, 1.807) is 13.2 Å². The normalized spacial score (nSPS) is 13.5. The number of aromatic nitrogens is 6. The first kappa shape index (κ1) is 31.8. The number of aliphatic hydroxyl groups excluding tert-OH is 1. The van der Waals surface area contributed by atoms with Gasteiger partial charge < -0.3 is 14.6 Å². The second kappa shape index (κ2) is 13.5. The first-order valence-corrected chi connectivity index (χ1v) is 14.1.